The molecule has 1 saturated heterocycles. The Kier molecular flexibility index (Phi) is 4.06. The highest BCUT2D eigenvalue weighted by Gasteiger charge is 2.38. The molecule has 2 aliphatic rings. The van der Waals surface area contributed by atoms with Gasteiger partial charge in [0.05, 0.1) is 24.9 Å². The van der Waals surface area contributed by atoms with Crippen molar-refractivity contribution < 1.29 is 9.53 Å². The molecule has 24 heavy (non-hydrogen) atoms. The van der Waals surface area contributed by atoms with E-state index in [0.29, 0.717) is 25.6 Å². The molecule has 0 bridgehead atoms. The summed E-state index contributed by atoms with van der Waals surface area (Å²) in [6, 6.07) is 7.78. The maximum atomic E-state index is 12.9. The van der Waals surface area contributed by atoms with E-state index >= 15 is 0 Å². The number of hydrogen-bond acceptors (Lipinski definition) is 4. The Hall–Kier alpha value is -2.21. The van der Waals surface area contributed by atoms with Crippen molar-refractivity contribution in [3.63, 3.8) is 0 Å². The van der Waals surface area contributed by atoms with E-state index in [9.17, 15) is 4.79 Å². The number of aromatic nitrogens is 3. The molecule has 126 valence electrons. The summed E-state index contributed by atoms with van der Waals surface area (Å²) in [5.74, 6) is 0.734. The quantitative estimate of drug-likeness (QED) is 0.862. The fourth-order valence-corrected chi connectivity index (χ4v) is 3.37. The minimum atomic E-state index is 0.0937. The molecule has 2 fully saturated rings. The first kappa shape index (κ1) is 15.3. The summed E-state index contributed by atoms with van der Waals surface area (Å²) in [6.07, 6.45) is 6.24. The van der Waals surface area contributed by atoms with Crippen LogP contribution in [0.3, 0.4) is 0 Å². The average Bonchev–Trinajstić information content (AvgIpc) is 3.32. The smallest absolute Gasteiger partial charge is 0.254 e. The van der Waals surface area contributed by atoms with Crippen molar-refractivity contribution in [2.45, 2.75) is 38.5 Å². The molecule has 6 nitrogen and oxygen atoms in total. The number of nitrogens with zero attached hydrogens (tertiary/aromatic N) is 4. The molecule has 1 amide bonds. The Morgan fingerprint density at radius 2 is 2.21 bits per heavy atom. The Morgan fingerprint density at radius 3 is 2.96 bits per heavy atom. The van der Waals surface area contributed by atoms with Gasteiger partial charge in [-0.2, -0.15) is 0 Å². The van der Waals surface area contributed by atoms with Crippen LogP contribution in [0.15, 0.2) is 36.7 Å². The second-order valence-electron chi connectivity index (χ2n) is 6.83. The number of morpholine rings is 1. The van der Waals surface area contributed by atoms with Crippen molar-refractivity contribution in [2.24, 2.45) is 5.92 Å². The molecule has 0 radical (unpaired) electrons. The van der Waals surface area contributed by atoms with E-state index in [4.69, 9.17) is 4.74 Å². The van der Waals surface area contributed by atoms with Crippen molar-refractivity contribution in [1.82, 2.24) is 19.9 Å². The van der Waals surface area contributed by atoms with E-state index in [1.54, 1.807) is 10.9 Å². The summed E-state index contributed by atoms with van der Waals surface area (Å²) >= 11 is 0. The Bertz CT molecular complexity index is 712. The number of benzene rings is 1. The van der Waals surface area contributed by atoms with Gasteiger partial charge in [0, 0.05) is 24.8 Å². The molecule has 6 heteroatoms. The first-order chi connectivity index (χ1) is 11.7. The first-order valence-corrected chi connectivity index (χ1v) is 8.57. The predicted molar refractivity (Wildman–Crippen MR) is 88.5 cm³/mol. The van der Waals surface area contributed by atoms with Crippen LogP contribution in [0, 0.1) is 5.92 Å². The van der Waals surface area contributed by atoms with Gasteiger partial charge in [0.2, 0.25) is 0 Å². The molecule has 1 aromatic heterocycles. The second kappa shape index (κ2) is 6.36. The van der Waals surface area contributed by atoms with Crippen LogP contribution in [0.1, 0.15) is 35.7 Å². The normalized spacial score (nSPS) is 24.1. The van der Waals surface area contributed by atoms with E-state index in [1.807, 2.05) is 35.4 Å². The third kappa shape index (κ3) is 3.33. The Balaban J connectivity index is 1.49. The van der Waals surface area contributed by atoms with Crippen LogP contribution >= 0.6 is 0 Å². The molecule has 1 aromatic carbocycles. The highest BCUT2D eigenvalue weighted by Crippen LogP contribution is 2.36. The van der Waals surface area contributed by atoms with E-state index in [0.717, 1.165) is 11.1 Å². The molecule has 0 N–H and O–H groups in total. The number of ether oxygens (including phenoxy) is 1. The summed E-state index contributed by atoms with van der Waals surface area (Å²) in [7, 11) is 0. The van der Waals surface area contributed by atoms with Gasteiger partial charge >= 0.3 is 0 Å². The lowest BCUT2D eigenvalue weighted by Crippen LogP contribution is -2.49. The van der Waals surface area contributed by atoms with E-state index < -0.39 is 0 Å². The number of carbonyl (C=O) groups excluding carboxylic acids is 1. The molecule has 1 saturated carbocycles. The Labute approximate surface area is 141 Å². The lowest BCUT2D eigenvalue weighted by atomic mass is 10.1. The van der Waals surface area contributed by atoms with Crippen LogP contribution < -0.4 is 0 Å². The number of amides is 1. The number of hydrogen-bond donors (Lipinski definition) is 0. The zero-order chi connectivity index (χ0) is 16.5. The third-order valence-corrected chi connectivity index (χ3v) is 4.71. The van der Waals surface area contributed by atoms with Crippen molar-refractivity contribution >= 4 is 5.91 Å². The van der Waals surface area contributed by atoms with Crippen molar-refractivity contribution in [1.29, 1.82) is 0 Å². The van der Waals surface area contributed by atoms with Crippen LogP contribution in [-0.2, 0) is 11.3 Å². The summed E-state index contributed by atoms with van der Waals surface area (Å²) in [5.41, 5.74) is 1.78. The van der Waals surface area contributed by atoms with E-state index in [2.05, 4.69) is 17.2 Å². The fourth-order valence-electron chi connectivity index (χ4n) is 3.37. The summed E-state index contributed by atoms with van der Waals surface area (Å²) in [5, 5.41) is 7.79. The lowest BCUT2D eigenvalue weighted by Gasteiger charge is -2.37. The third-order valence-electron chi connectivity index (χ3n) is 4.71. The maximum Gasteiger partial charge on any atom is 0.254 e. The average molecular weight is 326 g/mol. The van der Waals surface area contributed by atoms with Gasteiger partial charge in [-0.15, -0.1) is 5.10 Å². The zero-order valence-electron chi connectivity index (χ0n) is 13.8. The van der Waals surface area contributed by atoms with Gasteiger partial charge in [-0.25, -0.2) is 4.68 Å². The van der Waals surface area contributed by atoms with Gasteiger partial charge in [0.1, 0.15) is 0 Å². The number of rotatable bonds is 4. The number of carbonyl (C=O) groups is 1. The SMILES string of the molecule is CC1CN(C(=O)c2cccc(Cn3ccnn3)c2)CC(C2CC2)O1. The van der Waals surface area contributed by atoms with Crippen molar-refractivity contribution in [2.75, 3.05) is 13.1 Å². The van der Waals surface area contributed by atoms with Gasteiger partial charge in [-0.3, -0.25) is 4.79 Å². The fraction of sp³-hybridized carbons (Fsp3) is 0.500. The zero-order valence-corrected chi connectivity index (χ0v) is 13.8. The predicted octanol–water partition coefficient (Wildman–Crippen LogP) is 1.97. The van der Waals surface area contributed by atoms with Crippen LogP contribution in [0.5, 0.6) is 0 Å². The molecule has 4 rings (SSSR count). The maximum absolute atomic E-state index is 12.9. The van der Waals surface area contributed by atoms with Crippen LogP contribution in [0.25, 0.3) is 0 Å². The van der Waals surface area contributed by atoms with E-state index in [-0.39, 0.29) is 18.1 Å². The first-order valence-electron chi connectivity index (χ1n) is 8.57. The van der Waals surface area contributed by atoms with Crippen molar-refractivity contribution in [3.05, 3.63) is 47.8 Å². The van der Waals surface area contributed by atoms with Gasteiger partial charge in [0.25, 0.3) is 5.91 Å². The molecular weight excluding hydrogens is 304 g/mol. The lowest BCUT2D eigenvalue weighted by molar-refractivity contribution is -0.0761. The largest absolute Gasteiger partial charge is 0.371 e. The summed E-state index contributed by atoms with van der Waals surface area (Å²) in [6.45, 7) is 4.04. The molecule has 2 atom stereocenters. The molecule has 1 aliphatic carbocycles. The van der Waals surface area contributed by atoms with Gasteiger partial charge < -0.3 is 9.64 Å². The minimum Gasteiger partial charge on any atom is -0.371 e. The summed E-state index contributed by atoms with van der Waals surface area (Å²) < 4.78 is 7.76. The molecule has 1 aliphatic heterocycles. The van der Waals surface area contributed by atoms with Gasteiger partial charge in [-0.1, -0.05) is 17.3 Å². The molecular formula is C18H22N4O2. The van der Waals surface area contributed by atoms with Crippen molar-refractivity contribution in [3.8, 4) is 0 Å². The van der Waals surface area contributed by atoms with Gasteiger partial charge in [0.15, 0.2) is 0 Å². The molecule has 2 unspecified atom stereocenters. The molecule has 2 aromatic rings. The van der Waals surface area contributed by atoms with Crippen LogP contribution in [0.4, 0.5) is 0 Å². The highest BCUT2D eigenvalue weighted by molar-refractivity contribution is 5.94. The van der Waals surface area contributed by atoms with Crippen LogP contribution in [0.2, 0.25) is 0 Å². The topological polar surface area (TPSA) is 60.2 Å². The highest BCUT2D eigenvalue weighted by atomic mass is 16.5. The standard InChI is InChI=1S/C18H22N4O2/c1-13-10-21(12-17(24-13)15-5-6-15)18(23)16-4-2-3-14(9-16)11-22-8-7-19-20-22/h2-4,7-9,13,15,17H,5-6,10-12H2,1H3. The second-order valence-corrected chi connectivity index (χ2v) is 6.83. The van der Waals surface area contributed by atoms with Gasteiger partial charge in [-0.05, 0) is 43.4 Å². The minimum absolute atomic E-state index is 0.0937. The van der Waals surface area contributed by atoms with Crippen LogP contribution in [-0.4, -0.2) is 51.1 Å². The molecule has 0 spiro atoms. The van der Waals surface area contributed by atoms with E-state index in [1.165, 1.54) is 12.8 Å². The Morgan fingerprint density at radius 1 is 1.33 bits per heavy atom. The molecule has 2 heterocycles. The summed E-state index contributed by atoms with van der Waals surface area (Å²) in [4.78, 5) is 14.9. The monoisotopic (exact) mass is 326 g/mol.